The Hall–Kier alpha value is 0.01000. The van der Waals surface area contributed by atoms with Gasteiger partial charge in [-0.25, -0.2) is 0 Å². The smallest absolute Gasteiger partial charge is 0.0412 e. The molecule has 1 nitrogen and oxygen atoms in total. The molecule has 0 amide bonds. The fourth-order valence-corrected chi connectivity index (χ4v) is 4.79. The molecule has 0 saturated carbocycles. The van der Waals surface area contributed by atoms with Crippen LogP contribution in [0.4, 0.5) is 0 Å². The van der Waals surface area contributed by atoms with Crippen molar-refractivity contribution in [1.29, 1.82) is 0 Å². The average Bonchev–Trinajstić information content (AvgIpc) is 2.72. The number of fused-ring (bicyclic) bond motifs is 1. The SMILES string of the molecule is CNC(CCC(C)C)c1cc2c(s1)CCSC2. The van der Waals surface area contributed by atoms with Crippen molar-refractivity contribution in [3.05, 3.63) is 21.4 Å². The molecule has 0 spiro atoms. The van der Waals surface area contributed by atoms with Gasteiger partial charge in [0.1, 0.15) is 0 Å². The fourth-order valence-electron chi connectivity index (χ4n) is 2.27. The summed E-state index contributed by atoms with van der Waals surface area (Å²) in [7, 11) is 2.10. The maximum absolute atomic E-state index is 3.49. The van der Waals surface area contributed by atoms with Crippen LogP contribution in [-0.2, 0) is 12.2 Å². The molecule has 2 rings (SSSR count). The highest BCUT2D eigenvalue weighted by molar-refractivity contribution is 7.98. The van der Waals surface area contributed by atoms with E-state index < -0.39 is 0 Å². The van der Waals surface area contributed by atoms with Crippen LogP contribution in [-0.4, -0.2) is 12.8 Å². The molecule has 0 aliphatic carbocycles. The van der Waals surface area contributed by atoms with Crippen molar-refractivity contribution in [2.45, 2.75) is 44.9 Å². The first-order valence-corrected chi connectivity index (χ1v) is 8.54. The first-order chi connectivity index (χ1) is 8.20. The highest BCUT2D eigenvalue weighted by Gasteiger charge is 2.18. The van der Waals surface area contributed by atoms with Gasteiger partial charge in [-0.05, 0) is 49.6 Å². The van der Waals surface area contributed by atoms with E-state index in [4.69, 9.17) is 0 Å². The summed E-state index contributed by atoms with van der Waals surface area (Å²) in [6, 6.07) is 3.02. The van der Waals surface area contributed by atoms with Gasteiger partial charge < -0.3 is 5.32 Å². The Kier molecular flexibility index (Phi) is 4.95. The summed E-state index contributed by atoms with van der Waals surface area (Å²) >= 11 is 4.12. The quantitative estimate of drug-likeness (QED) is 0.858. The molecule has 1 atom stereocenters. The molecule has 1 aliphatic rings. The number of thiophene rings is 1. The van der Waals surface area contributed by atoms with Crippen LogP contribution in [0.3, 0.4) is 0 Å². The van der Waals surface area contributed by atoms with Crippen molar-refractivity contribution in [2.75, 3.05) is 12.8 Å². The Morgan fingerprint density at radius 3 is 2.82 bits per heavy atom. The van der Waals surface area contributed by atoms with Crippen molar-refractivity contribution in [3.8, 4) is 0 Å². The van der Waals surface area contributed by atoms with Crippen LogP contribution in [0.25, 0.3) is 0 Å². The van der Waals surface area contributed by atoms with Crippen LogP contribution >= 0.6 is 23.1 Å². The molecule has 96 valence electrons. The van der Waals surface area contributed by atoms with Gasteiger partial charge in [0.2, 0.25) is 0 Å². The third kappa shape index (κ3) is 3.49. The van der Waals surface area contributed by atoms with Crippen LogP contribution in [0.1, 0.15) is 48.0 Å². The first-order valence-electron chi connectivity index (χ1n) is 6.57. The normalized spacial score (nSPS) is 17.2. The molecule has 0 fully saturated rings. The van der Waals surface area contributed by atoms with E-state index in [1.807, 2.05) is 11.3 Å². The highest BCUT2D eigenvalue weighted by Crippen LogP contribution is 2.35. The van der Waals surface area contributed by atoms with Crippen molar-refractivity contribution in [3.63, 3.8) is 0 Å². The molecule has 0 aromatic carbocycles. The van der Waals surface area contributed by atoms with Gasteiger partial charge >= 0.3 is 0 Å². The lowest BCUT2D eigenvalue weighted by atomic mass is 10.0. The Balaban J connectivity index is 2.05. The number of rotatable bonds is 5. The topological polar surface area (TPSA) is 12.0 Å². The number of aryl methyl sites for hydroxylation is 1. The van der Waals surface area contributed by atoms with Crippen LogP contribution in [0.5, 0.6) is 0 Å². The molecule has 0 radical (unpaired) electrons. The lowest BCUT2D eigenvalue weighted by molar-refractivity contribution is 0.469. The Morgan fingerprint density at radius 2 is 2.18 bits per heavy atom. The van der Waals surface area contributed by atoms with Gasteiger partial charge in [0.15, 0.2) is 0 Å². The van der Waals surface area contributed by atoms with Gasteiger partial charge in [-0.2, -0.15) is 11.8 Å². The largest absolute Gasteiger partial charge is 0.312 e. The molecule has 3 heteroatoms. The highest BCUT2D eigenvalue weighted by atomic mass is 32.2. The maximum Gasteiger partial charge on any atom is 0.0412 e. The summed E-state index contributed by atoms with van der Waals surface area (Å²) in [5.41, 5.74) is 1.60. The zero-order chi connectivity index (χ0) is 12.3. The zero-order valence-electron chi connectivity index (χ0n) is 11.1. The third-order valence-electron chi connectivity index (χ3n) is 3.37. The second kappa shape index (κ2) is 6.26. The number of nitrogens with one attached hydrogen (secondary N) is 1. The number of thioether (sulfide) groups is 1. The standard InChI is InChI=1S/C14H23NS2/c1-10(2)4-5-12(15-3)14-8-11-9-16-7-6-13(11)17-14/h8,10,12,15H,4-7,9H2,1-3H3. The van der Waals surface area contributed by atoms with E-state index in [9.17, 15) is 0 Å². The van der Waals surface area contributed by atoms with E-state index in [0.29, 0.717) is 6.04 Å². The number of hydrogen-bond acceptors (Lipinski definition) is 3. The van der Waals surface area contributed by atoms with Gasteiger partial charge in [0.05, 0.1) is 0 Å². The lowest BCUT2D eigenvalue weighted by Gasteiger charge is -2.15. The molecule has 0 saturated heterocycles. The Bertz CT molecular complexity index is 334. The van der Waals surface area contributed by atoms with Crippen molar-refractivity contribution in [1.82, 2.24) is 5.32 Å². The van der Waals surface area contributed by atoms with Gasteiger partial charge in [-0.3, -0.25) is 0 Å². The van der Waals surface area contributed by atoms with E-state index in [2.05, 4.69) is 44.0 Å². The molecule has 0 bridgehead atoms. The molecular formula is C14H23NS2. The monoisotopic (exact) mass is 269 g/mol. The lowest BCUT2D eigenvalue weighted by Crippen LogP contribution is -2.15. The average molecular weight is 269 g/mol. The molecule has 1 unspecified atom stereocenters. The maximum atomic E-state index is 3.49. The van der Waals surface area contributed by atoms with Crippen molar-refractivity contribution >= 4 is 23.1 Å². The van der Waals surface area contributed by atoms with Crippen molar-refractivity contribution < 1.29 is 0 Å². The second-order valence-electron chi connectivity index (χ2n) is 5.21. The molecule has 2 heterocycles. The minimum Gasteiger partial charge on any atom is -0.312 e. The fraction of sp³-hybridized carbons (Fsp3) is 0.714. The van der Waals surface area contributed by atoms with Crippen LogP contribution in [0.2, 0.25) is 0 Å². The number of hydrogen-bond donors (Lipinski definition) is 1. The van der Waals surface area contributed by atoms with E-state index in [1.54, 1.807) is 15.3 Å². The molecule has 1 aromatic rings. The van der Waals surface area contributed by atoms with E-state index >= 15 is 0 Å². The molecule has 17 heavy (non-hydrogen) atoms. The van der Waals surface area contributed by atoms with Gasteiger partial charge in [-0.1, -0.05) is 13.8 Å². The third-order valence-corrected chi connectivity index (χ3v) is 5.73. The minimum atomic E-state index is 0.568. The predicted molar refractivity (Wildman–Crippen MR) is 80.1 cm³/mol. The zero-order valence-corrected chi connectivity index (χ0v) is 12.7. The predicted octanol–water partition coefficient (Wildman–Crippen LogP) is 4.23. The Morgan fingerprint density at radius 1 is 1.35 bits per heavy atom. The summed E-state index contributed by atoms with van der Waals surface area (Å²) in [6.45, 7) is 4.62. The van der Waals surface area contributed by atoms with Gasteiger partial charge in [0, 0.05) is 21.5 Å². The van der Waals surface area contributed by atoms with Gasteiger partial charge in [0.25, 0.3) is 0 Å². The summed E-state index contributed by atoms with van der Waals surface area (Å²) in [5, 5.41) is 3.49. The molecule has 1 N–H and O–H groups in total. The summed E-state index contributed by atoms with van der Waals surface area (Å²) in [6.07, 6.45) is 3.86. The first kappa shape index (κ1) is 13.4. The van der Waals surface area contributed by atoms with Crippen LogP contribution < -0.4 is 5.32 Å². The minimum absolute atomic E-state index is 0.568. The van der Waals surface area contributed by atoms with E-state index in [1.165, 1.54) is 30.8 Å². The van der Waals surface area contributed by atoms with Crippen LogP contribution in [0, 0.1) is 5.92 Å². The second-order valence-corrected chi connectivity index (χ2v) is 7.49. The summed E-state index contributed by atoms with van der Waals surface area (Å²) < 4.78 is 0. The summed E-state index contributed by atoms with van der Waals surface area (Å²) in [5.74, 6) is 3.34. The van der Waals surface area contributed by atoms with E-state index in [-0.39, 0.29) is 0 Å². The molecular weight excluding hydrogens is 246 g/mol. The Labute approximate surface area is 113 Å². The molecule has 1 aromatic heterocycles. The van der Waals surface area contributed by atoms with Gasteiger partial charge in [-0.15, -0.1) is 11.3 Å². The van der Waals surface area contributed by atoms with Crippen molar-refractivity contribution in [2.24, 2.45) is 5.92 Å². The van der Waals surface area contributed by atoms with E-state index in [0.717, 1.165) is 5.92 Å². The molecule has 1 aliphatic heterocycles. The van der Waals surface area contributed by atoms with Crippen LogP contribution in [0.15, 0.2) is 6.07 Å². The summed E-state index contributed by atoms with van der Waals surface area (Å²) in [4.78, 5) is 3.20.